The SMILES string of the molecule is CN=C(NCCc1nnc2ccccn12)NCC1(c2cccc(Br)c2)CC1. The van der Waals surface area contributed by atoms with Crippen molar-refractivity contribution in [2.24, 2.45) is 4.99 Å². The van der Waals surface area contributed by atoms with Gasteiger partial charge in [0.25, 0.3) is 0 Å². The van der Waals surface area contributed by atoms with Gasteiger partial charge in [-0.3, -0.25) is 9.39 Å². The zero-order chi connectivity index (χ0) is 18.7. The Kier molecular flexibility index (Phi) is 5.11. The van der Waals surface area contributed by atoms with E-state index in [1.807, 2.05) is 28.8 Å². The van der Waals surface area contributed by atoms with Crippen LogP contribution in [-0.4, -0.2) is 40.7 Å². The third-order valence-corrected chi connectivity index (χ3v) is 5.63. The van der Waals surface area contributed by atoms with Crippen molar-refractivity contribution in [2.75, 3.05) is 20.1 Å². The van der Waals surface area contributed by atoms with Gasteiger partial charge in [-0.05, 0) is 42.7 Å². The minimum atomic E-state index is 0.227. The molecule has 27 heavy (non-hydrogen) atoms. The lowest BCUT2D eigenvalue weighted by Crippen LogP contribution is -2.42. The fraction of sp³-hybridized carbons (Fsp3) is 0.350. The van der Waals surface area contributed by atoms with E-state index in [2.05, 4.69) is 66.0 Å². The molecule has 0 spiro atoms. The molecule has 0 amide bonds. The van der Waals surface area contributed by atoms with E-state index < -0.39 is 0 Å². The first kappa shape index (κ1) is 18.0. The van der Waals surface area contributed by atoms with Crippen LogP contribution in [0.4, 0.5) is 0 Å². The Labute approximate surface area is 167 Å². The number of fused-ring (bicyclic) bond motifs is 1. The summed E-state index contributed by atoms with van der Waals surface area (Å²) in [6.07, 6.45) is 5.19. The molecule has 1 fully saturated rings. The summed E-state index contributed by atoms with van der Waals surface area (Å²) in [6.45, 7) is 1.64. The van der Waals surface area contributed by atoms with Gasteiger partial charge in [-0.2, -0.15) is 0 Å². The van der Waals surface area contributed by atoms with Crippen LogP contribution in [0, 0.1) is 0 Å². The van der Waals surface area contributed by atoms with Gasteiger partial charge in [-0.15, -0.1) is 10.2 Å². The zero-order valence-electron chi connectivity index (χ0n) is 15.3. The second kappa shape index (κ2) is 7.68. The first-order chi connectivity index (χ1) is 13.2. The van der Waals surface area contributed by atoms with Crippen LogP contribution in [-0.2, 0) is 11.8 Å². The van der Waals surface area contributed by atoms with Gasteiger partial charge in [0, 0.05) is 42.6 Å². The number of aliphatic imine (C=N–C) groups is 1. The van der Waals surface area contributed by atoms with Gasteiger partial charge < -0.3 is 10.6 Å². The Bertz CT molecular complexity index is 960. The van der Waals surface area contributed by atoms with Crippen molar-refractivity contribution < 1.29 is 0 Å². The van der Waals surface area contributed by atoms with E-state index in [0.717, 1.165) is 41.4 Å². The lowest BCUT2D eigenvalue weighted by molar-refractivity contribution is 0.643. The summed E-state index contributed by atoms with van der Waals surface area (Å²) < 4.78 is 3.15. The molecular weight excluding hydrogens is 404 g/mol. The van der Waals surface area contributed by atoms with Gasteiger partial charge in [0.1, 0.15) is 5.82 Å². The van der Waals surface area contributed by atoms with Crippen LogP contribution >= 0.6 is 15.9 Å². The van der Waals surface area contributed by atoms with E-state index in [-0.39, 0.29) is 5.41 Å². The number of rotatable bonds is 6. The van der Waals surface area contributed by atoms with Crippen molar-refractivity contribution in [1.29, 1.82) is 0 Å². The monoisotopic (exact) mass is 426 g/mol. The molecule has 1 aliphatic carbocycles. The van der Waals surface area contributed by atoms with E-state index in [1.54, 1.807) is 7.05 Å². The molecule has 0 aliphatic heterocycles. The van der Waals surface area contributed by atoms with Crippen molar-refractivity contribution in [3.63, 3.8) is 0 Å². The quantitative estimate of drug-likeness (QED) is 0.469. The van der Waals surface area contributed by atoms with E-state index in [1.165, 1.54) is 18.4 Å². The lowest BCUT2D eigenvalue weighted by atomic mass is 9.96. The van der Waals surface area contributed by atoms with Crippen molar-refractivity contribution >= 4 is 27.5 Å². The van der Waals surface area contributed by atoms with E-state index in [9.17, 15) is 0 Å². The van der Waals surface area contributed by atoms with Crippen LogP contribution in [0.3, 0.4) is 0 Å². The van der Waals surface area contributed by atoms with Crippen LogP contribution in [0.15, 0.2) is 58.1 Å². The lowest BCUT2D eigenvalue weighted by Gasteiger charge is -2.19. The number of halogens is 1. The summed E-state index contributed by atoms with van der Waals surface area (Å²) in [5.74, 6) is 1.77. The fourth-order valence-electron chi connectivity index (χ4n) is 3.36. The molecule has 1 aliphatic rings. The molecule has 2 aromatic heterocycles. The standard InChI is InChI=1S/C20H23BrN6/c1-22-19(23-11-8-18-26-25-17-7-2-3-12-27(17)18)24-14-20(9-10-20)15-5-4-6-16(21)13-15/h2-7,12-13H,8-11,14H2,1H3,(H2,22,23,24). The van der Waals surface area contributed by atoms with Gasteiger partial charge in [0.05, 0.1) is 0 Å². The molecule has 2 N–H and O–H groups in total. The third kappa shape index (κ3) is 3.98. The molecule has 0 radical (unpaired) electrons. The number of aromatic nitrogens is 3. The van der Waals surface area contributed by atoms with E-state index in [0.29, 0.717) is 0 Å². The fourth-order valence-corrected chi connectivity index (χ4v) is 3.76. The number of guanidine groups is 1. The normalized spacial score (nSPS) is 15.7. The van der Waals surface area contributed by atoms with Crippen molar-refractivity contribution in [3.05, 3.63) is 64.5 Å². The summed E-state index contributed by atoms with van der Waals surface area (Å²) in [7, 11) is 1.81. The number of nitrogens with zero attached hydrogens (tertiary/aromatic N) is 4. The Morgan fingerprint density at radius 3 is 2.85 bits per heavy atom. The predicted molar refractivity (Wildman–Crippen MR) is 111 cm³/mol. The highest BCUT2D eigenvalue weighted by Crippen LogP contribution is 2.48. The maximum absolute atomic E-state index is 4.35. The molecule has 140 valence electrons. The Morgan fingerprint density at radius 1 is 1.19 bits per heavy atom. The van der Waals surface area contributed by atoms with Crippen molar-refractivity contribution in [1.82, 2.24) is 25.2 Å². The largest absolute Gasteiger partial charge is 0.356 e. The molecule has 1 aromatic carbocycles. The molecule has 4 rings (SSSR count). The predicted octanol–water partition coefficient (Wildman–Crippen LogP) is 2.93. The topological polar surface area (TPSA) is 66.6 Å². The van der Waals surface area contributed by atoms with Crippen molar-refractivity contribution in [3.8, 4) is 0 Å². The smallest absolute Gasteiger partial charge is 0.191 e. The third-order valence-electron chi connectivity index (χ3n) is 5.13. The number of nitrogens with one attached hydrogen (secondary N) is 2. The molecule has 3 aromatic rings. The maximum atomic E-state index is 4.35. The molecule has 7 heteroatoms. The maximum Gasteiger partial charge on any atom is 0.191 e. The second-order valence-corrected chi connectivity index (χ2v) is 7.85. The summed E-state index contributed by atoms with van der Waals surface area (Å²) in [6, 6.07) is 14.5. The van der Waals surface area contributed by atoms with Gasteiger partial charge in [0.15, 0.2) is 11.6 Å². The van der Waals surface area contributed by atoms with Crippen LogP contribution in [0.2, 0.25) is 0 Å². The molecule has 0 atom stereocenters. The minimum Gasteiger partial charge on any atom is -0.356 e. The van der Waals surface area contributed by atoms with Gasteiger partial charge in [-0.25, -0.2) is 0 Å². The number of hydrogen-bond donors (Lipinski definition) is 2. The zero-order valence-corrected chi connectivity index (χ0v) is 16.9. The van der Waals surface area contributed by atoms with Crippen molar-refractivity contribution in [2.45, 2.75) is 24.7 Å². The number of hydrogen-bond acceptors (Lipinski definition) is 3. The minimum absolute atomic E-state index is 0.227. The van der Waals surface area contributed by atoms with E-state index >= 15 is 0 Å². The first-order valence-corrected chi connectivity index (χ1v) is 9.99. The highest BCUT2D eigenvalue weighted by Gasteiger charge is 2.44. The first-order valence-electron chi connectivity index (χ1n) is 9.19. The Balaban J connectivity index is 1.31. The highest BCUT2D eigenvalue weighted by atomic mass is 79.9. The van der Waals surface area contributed by atoms with Gasteiger partial charge >= 0.3 is 0 Å². The summed E-state index contributed by atoms with van der Waals surface area (Å²) >= 11 is 3.58. The average Bonchev–Trinajstić information content (AvgIpc) is 3.38. The number of benzene rings is 1. The van der Waals surface area contributed by atoms with E-state index in [4.69, 9.17) is 0 Å². The highest BCUT2D eigenvalue weighted by molar-refractivity contribution is 9.10. The summed E-state index contributed by atoms with van der Waals surface area (Å²) in [5, 5.41) is 15.3. The average molecular weight is 427 g/mol. The number of pyridine rings is 1. The summed E-state index contributed by atoms with van der Waals surface area (Å²) in [4.78, 5) is 4.35. The Hall–Kier alpha value is -2.41. The molecular formula is C20H23BrN6. The van der Waals surface area contributed by atoms with Gasteiger partial charge in [-0.1, -0.05) is 34.1 Å². The molecule has 2 heterocycles. The second-order valence-electron chi connectivity index (χ2n) is 6.94. The molecule has 0 saturated heterocycles. The molecule has 0 bridgehead atoms. The van der Waals surface area contributed by atoms with Crippen LogP contribution < -0.4 is 10.6 Å². The Morgan fingerprint density at radius 2 is 2.07 bits per heavy atom. The molecule has 0 unspecified atom stereocenters. The van der Waals surface area contributed by atoms with Crippen LogP contribution in [0.25, 0.3) is 5.65 Å². The molecule has 6 nitrogen and oxygen atoms in total. The van der Waals surface area contributed by atoms with Crippen LogP contribution in [0.1, 0.15) is 24.2 Å². The van der Waals surface area contributed by atoms with Crippen LogP contribution in [0.5, 0.6) is 0 Å². The van der Waals surface area contributed by atoms with Gasteiger partial charge in [0.2, 0.25) is 0 Å². The summed E-state index contributed by atoms with van der Waals surface area (Å²) in [5.41, 5.74) is 2.49. The molecule has 1 saturated carbocycles.